The number of amides is 1. The van der Waals surface area contributed by atoms with Gasteiger partial charge in [-0.3, -0.25) is 13.9 Å². The van der Waals surface area contributed by atoms with Gasteiger partial charge in [0.2, 0.25) is 0 Å². The average Bonchev–Trinajstić information content (AvgIpc) is 3.20. The monoisotopic (exact) mass is 533 g/mol. The smallest absolute Gasteiger partial charge is 0.251 e. The van der Waals surface area contributed by atoms with E-state index in [1.165, 1.54) is 12.8 Å². The quantitative estimate of drug-likeness (QED) is 0.393. The molecule has 2 saturated heterocycles. The Kier molecular flexibility index (Phi) is 5.77. The minimum absolute atomic E-state index is 0.214. The molecule has 5 heterocycles. The van der Waals surface area contributed by atoms with Crippen LogP contribution in [0.15, 0.2) is 48.8 Å². The molecule has 2 aliphatic heterocycles. The van der Waals surface area contributed by atoms with Crippen LogP contribution >= 0.6 is 11.6 Å². The summed E-state index contributed by atoms with van der Waals surface area (Å²) in [7, 11) is 0. The van der Waals surface area contributed by atoms with Gasteiger partial charge in [0.15, 0.2) is 0 Å². The van der Waals surface area contributed by atoms with Crippen molar-refractivity contribution in [2.24, 2.45) is 5.92 Å². The molecule has 196 valence electrons. The van der Waals surface area contributed by atoms with E-state index in [2.05, 4.69) is 28.1 Å². The predicted octanol–water partition coefficient (Wildman–Crippen LogP) is 3.49. The maximum absolute atomic E-state index is 13.1. The van der Waals surface area contributed by atoms with Crippen LogP contribution in [-0.2, 0) is 16.0 Å². The van der Waals surface area contributed by atoms with Crippen molar-refractivity contribution < 1.29 is 19.4 Å². The highest BCUT2D eigenvalue weighted by Gasteiger charge is 2.47. The molecule has 3 aromatic heterocycles. The first-order valence-electron chi connectivity index (χ1n) is 13.0. The number of halogens is 1. The molecule has 9 nitrogen and oxygen atoms in total. The first-order chi connectivity index (χ1) is 18.5. The van der Waals surface area contributed by atoms with Gasteiger partial charge in [0.1, 0.15) is 34.8 Å². The van der Waals surface area contributed by atoms with Gasteiger partial charge in [0.05, 0.1) is 25.5 Å². The average molecular weight is 534 g/mol. The van der Waals surface area contributed by atoms with Gasteiger partial charge in [-0.2, -0.15) is 5.10 Å². The number of imidazole rings is 1. The van der Waals surface area contributed by atoms with E-state index in [-0.39, 0.29) is 24.7 Å². The Balaban J connectivity index is 1.19. The van der Waals surface area contributed by atoms with Crippen LogP contribution in [0, 0.1) is 12.8 Å². The Morgan fingerprint density at radius 3 is 2.74 bits per heavy atom. The normalized spacial score (nSPS) is 24.7. The van der Waals surface area contributed by atoms with Crippen molar-refractivity contribution in [1.29, 1.82) is 0 Å². The van der Waals surface area contributed by atoms with E-state index in [0.29, 0.717) is 28.7 Å². The number of rotatable bonds is 6. The number of carbonyl (C=O) groups excluding carboxylic acids is 1. The summed E-state index contributed by atoms with van der Waals surface area (Å²) in [6.07, 6.45) is 4.81. The molecule has 1 aliphatic carbocycles. The molecule has 3 fully saturated rings. The van der Waals surface area contributed by atoms with Crippen molar-refractivity contribution >= 4 is 23.2 Å². The van der Waals surface area contributed by atoms with E-state index in [1.807, 2.05) is 24.4 Å². The number of ether oxygens (including phenoxy) is 2. The number of nitrogens with zero attached hydrogens (tertiary/aromatic N) is 4. The van der Waals surface area contributed by atoms with Crippen molar-refractivity contribution in [3.8, 4) is 22.4 Å². The van der Waals surface area contributed by atoms with Crippen LogP contribution in [0.4, 0.5) is 0 Å². The predicted molar refractivity (Wildman–Crippen MR) is 141 cm³/mol. The van der Waals surface area contributed by atoms with E-state index < -0.39 is 12.2 Å². The number of carbonyl (C=O) groups is 1. The molecule has 0 bridgehead atoms. The standard InChI is InChI=1S/C28H28ClN5O4/c1-15-20(11-30-34(15)12-16-6-7-16)18-4-2-3-5-19(18)24-27(29)33-9-8-17(10-23(33)32-24)28(36)31-21-13-37-26-22(35)14-38-25(21)26/h2-5,8-11,16,21-22,25-26,35H,6-7,12-14H2,1H3,(H,31,36)/t21-,22-,25-,26-/m1/s1. The summed E-state index contributed by atoms with van der Waals surface area (Å²) in [5, 5.41) is 18.1. The van der Waals surface area contributed by atoms with Crippen molar-refractivity contribution in [3.63, 3.8) is 0 Å². The Labute approximate surface area is 224 Å². The van der Waals surface area contributed by atoms with Crippen molar-refractivity contribution in [2.45, 2.75) is 50.7 Å². The molecule has 1 saturated carbocycles. The van der Waals surface area contributed by atoms with Gasteiger partial charge < -0.3 is 19.9 Å². The summed E-state index contributed by atoms with van der Waals surface area (Å²) in [4.78, 5) is 17.9. The Morgan fingerprint density at radius 1 is 1.13 bits per heavy atom. The number of hydrogen-bond donors (Lipinski definition) is 2. The van der Waals surface area contributed by atoms with Gasteiger partial charge in [0, 0.05) is 35.1 Å². The minimum atomic E-state index is -0.664. The SMILES string of the molecule is Cc1c(-c2ccccc2-c2nc3cc(C(=O)N[C@@H]4CO[C@H]5[C@@H]4OC[C@H]5O)ccn3c2Cl)cnn1CC1CC1. The summed E-state index contributed by atoms with van der Waals surface area (Å²) in [5.74, 6) is 0.474. The number of aliphatic hydroxyl groups excluding tert-OH is 1. The lowest BCUT2D eigenvalue weighted by atomic mass is 9.98. The van der Waals surface area contributed by atoms with E-state index in [1.54, 1.807) is 22.7 Å². The second kappa shape index (κ2) is 9.20. The summed E-state index contributed by atoms with van der Waals surface area (Å²) in [5.41, 5.74) is 5.79. The van der Waals surface area contributed by atoms with E-state index >= 15 is 0 Å². The molecule has 2 N–H and O–H groups in total. The van der Waals surface area contributed by atoms with Gasteiger partial charge in [-0.25, -0.2) is 4.98 Å². The van der Waals surface area contributed by atoms with Gasteiger partial charge in [0.25, 0.3) is 5.91 Å². The summed E-state index contributed by atoms with van der Waals surface area (Å²) < 4.78 is 15.1. The zero-order valence-corrected chi connectivity index (χ0v) is 21.6. The topological polar surface area (TPSA) is 103 Å². The fourth-order valence-corrected chi connectivity index (χ4v) is 5.83. The third-order valence-corrected chi connectivity index (χ3v) is 8.24. The van der Waals surface area contributed by atoms with Crippen LogP contribution in [0.25, 0.3) is 28.0 Å². The lowest BCUT2D eigenvalue weighted by Crippen LogP contribution is -2.44. The highest BCUT2D eigenvalue weighted by Crippen LogP contribution is 2.38. The third-order valence-electron chi connectivity index (χ3n) is 7.88. The molecule has 7 rings (SSSR count). The minimum Gasteiger partial charge on any atom is -0.388 e. The van der Waals surface area contributed by atoms with Crippen LogP contribution in [0.3, 0.4) is 0 Å². The molecule has 0 unspecified atom stereocenters. The summed E-state index contributed by atoms with van der Waals surface area (Å²) >= 11 is 6.84. The van der Waals surface area contributed by atoms with Crippen LogP contribution in [-0.4, -0.2) is 67.7 Å². The van der Waals surface area contributed by atoms with Crippen molar-refractivity contribution in [2.75, 3.05) is 13.2 Å². The van der Waals surface area contributed by atoms with Gasteiger partial charge in [-0.1, -0.05) is 35.9 Å². The highest BCUT2D eigenvalue weighted by molar-refractivity contribution is 6.32. The van der Waals surface area contributed by atoms with E-state index in [9.17, 15) is 9.90 Å². The second-order valence-electron chi connectivity index (χ2n) is 10.5. The second-order valence-corrected chi connectivity index (χ2v) is 10.8. The van der Waals surface area contributed by atoms with Crippen LogP contribution in [0.1, 0.15) is 28.9 Å². The largest absolute Gasteiger partial charge is 0.388 e. The van der Waals surface area contributed by atoms with Gasteiger partial charge in [-0.05, 0) is 43.4 Å². The number of benzene rings is 1. The number of aromatic nitrogens is 4. The third kappa shape index (κ3) is 4.01. The van der Waals surface area contributed by atoms with Crippen LogP contribution in [0.5, 0.6) is 0 Å². The zero-order valence-electron chi connectivity index (χ0n) is 20.9. The summed E-state index contributed by atoms with van der Waals surface area (Å²) in [6.45, 7) is 3.57. The fraction of sp³-hybridized carbons (Fsp3) is 0.393. The molecule has 10 heteroatoms. The maximum atomic E-state index is 13.1. The Hall–Kier alpha value is -3.24. The first kappa shape index (κ1) is 23.8. The fourth-order valence-electron chi connectivity index (χ4n) is 5.55. The maximum Gasteiger partial charge on any atom is 0.251 e. The van der Waals surface area contributed by atoms with E-state index in [0.717, 1.165) is 34.8 Å². The number of aliphatic hydroxyl groups is 1. The highest BCUT2D eigenvalue weighted by atomic mass is 35.5. The number of pyridine rings is 1. The molecule has 0 spiro atoms. The molecular weight excluding hydrogens is 506 g/mol. The number of nitrogens with one attached hydrogen (secondary N) is 1. The number of fused-ring (bicyclic) bond motifs is 2. The summed E-state index contributed by atoms with van der Waals surface area (Å²) in [6, 6.07) is 11.2. The lowest BCUT2D eigenvalue weighted by Gasteiger charge is -2.17. The van der Waals surface area contributed by atoms with Gasteiger partial charge in [-0.15, -0.1) is 0 Å². The van der Waals surface area contributed by atoms with Crippen molar-refractivity contribution in [1.82, 2.24) is 24.5 Å². The molecule has 4 aromatic rings. The first-order valence-corrected chi connectivity index (χ1v) is 13.4. The van der Waals surface area contributed by atoms with Crippen molar-refractivity contribution in [3.05, 3.63) is 65.2 Å². The molecular formula is C28H28ClN5O4. The number of hydrogen-bond acceptors (Lipinski definition) is 6. The molecule has 1 amide bonds. The lowest BCUT2D eigenvalue weighted by molar-refractivity contribution is 0.0178. The molecule has 0 radical (unpaired) electrons. The molecule has 3 aliphatic rings. The molecule has 1 aromatic carbocycles. The Bertz CT molecular complexity index is 1540. The van der Waals surface area contributed by atoms with Crippen LogP contribution < -0.4 is 5.32 Å². The van der Waals surface area contributed by atoms with E-state index in [4.69, 9.17) is 26.1 Å². The van der Waals surface area contributed by atoms with Gasteiger partial charge >= 0.3 is 0 Å². The zero-order chi connectivity index (χ0) is 26.0. The van der Waals surface area contributed by atoms with Crippen LogP contribution in [0.2, 0.25) is 5.15 Å². The molecule has 38 heavy (non-hydrogen) atoms. The molecule has 4 atom stereocenters. The Morgan fingerprint density at radius 2 is 1.92 bits per heavy atom.